The van der Waals surface area contributed by atoms with Gasteiger partial charge in [0.2, 0.25) is 5.95 Å². The van der Waals surface area contributed by atoms with Crippen LogP contribution in [0.25, 0.3) is 0 Å². The summed E-state index contributed by atoms with van der Waals surface area (Å²) in [7, 11) is 1.85. The number of rotatable bonds is 4. The Morgan fingerprint density at radius 1 is 0.913 bits per heavy atom. The summed E-state index contributed by atoms with van der Waals surface area (Å²) in [6.07, 6.45) is 1.53. The van der Waals surface area contributed by atoms with Crippen molar-refractivity contribution in [3.8, 4) is 0 Å². The maximum absolute atomic E-state index is 13.7. The molecule has 0 amide bonds. The van der Waals surface area contributed by atoms with E-state index in [-0.39, 0.29) is 11.6 Å². The van der Waals surface area contributed by atoms with Gasteiger partial charge in [0.1, 0.15) is 23.1 Å². The third kappa shape index (κ3) is 3.26. The van der Waals surface area contributed by atoms with Crippen LogP contribution < -0.4 is 10.2 Å². The predicted octanol–water partition coefficient (Wildman–Crippen LogP) is 4.27. The first-order valence-electron chi connectivity index (χ1n) is 6.98. The molecule has 3 rings (SSSR count). The van der Waals surface area contributed by atoms with Crippen LogP contribution in [0.1, 0.15) is 0 Å². The molecular weight excluding hydrogens is 298 g/mol. The van der Waals surface area contributed by atoms with E-state index in [4.69, 9.17) is 0 Å². The summed E-state index contributed by atoms with van der Waals surface area (Å²) in [4.78, 5) is 10.2. The van der Waals surface area contributed by atoms with E-state index in [2.05, 4.69) is 15.3 Å². The summed E-state index contributed by atoms with van der Waals surface area (Å²) in [5.74, 6) is -0.675. The van der Waals surface area contributed by atoms with Crippen LogP contribution in [0, 0.1) is 11.6 Å². The molecule has 1 aromatic heterocycles. The molecule has 23 heavy (non-hydrogen) atoms. The molecule has 0 aliphatic heterocycles. The first-order chi connectivity index (χ1) is 11.1. The van der Waals surface area contributed by atoms with Gasteiger partial charge in [0.25, 0.3) is 0 Å². The lowest BCUT2D eigenvalue weighted by atomic mass is 10.3. The topological polar surface area (TPSA) is 41.1 Å². The second-order valence-corrected chi connectivity index (χ2v) is 4.85. The maximum Gasteiger partial charge on any atom is 0.229 e. The van der Waals surface area contributed by atoms with E-state index >= 15 is 0 Å². The van der Waals surface area contributed by atoms with Gasteiger partial charge < -0.3 is 10.2 Å². The number of halogens is 2. The van der Waals surface area contributed by atoms with Crippen LogP contribution >= 0.6 is 0 Å². The monoisotopic (exact) mass is 312 g/mol. The number of hydrogen-bond acceptors (Lipinski definition) is 4. The number of anilines is 4. The van der Waals surface area contributed by atoms with E-state index in [1.807, 2.05) is 42.3 Å². The Bertz CT molecular complexity index is 788. The smallest absolute Gasteiger partial charge is 0.229 e. The Labute approximate surface area is 132 Å². The van der Waals surface area contributed by atoms with Crippen LogP contribution in [-0.2, 0) is 0 Å². The zero-order chi connectivity index (χ0) is 16.2. The largest absolute Gasteiger partial charge is 0.329 e. The number of nitrogens with one attached hydrogen (secondary N) is 1. The van der Waals surface area contributed by atoms with Crippen LogP contribution in [-0.4, -0.2) is 17.0 Å². The highest BCUT2D eigenvalue weighted by Crippen LogP contribution is 2.24. The Morgan fingerprint density at radius 2 is 1.61 bits per heavy atom. The van der Waals surface area contributed by atoms with Crippen LogP contribution in [0.2, 0.25) is 0 Å². The molecule has 0 bridgehead atoms. The van der Waals surface area contributed by atoms with Gasteiger partial charge in [-0.2, -0.15) is 4.98 Å². The average molecular weight is 312 g/mol. The van der Waals surface area contributed by atoms with E-state index in [1.165, 1.54) is 24.4 Å². The van der Waals surface area contributed by atoms with Crippen molar-refractivity contribution < 1.29 is 8.78 Å². The van der Waals surface area contributed by atoms with E-state index < -0.39 is 11.6 Å². The molecule has 3 aromatic rings. The fraction of sp³-hybridized carbons (Fsp3) is 0.0588. The summed E-state index contributed by atoms with van der Waals surface area (Å²) < 4.78 is 27.4. The number of nitrogens with zero attached hydrogens (tertiary/aromatic N) is 3. The van der Waals surface area contributed by atoms with Crippen LogP contribution in [0.3, 0.4) is 0 Å². The van der Waals surface area contributed by atoms with Gasteiger partial charge in [-0.25, -0.2) is 13.8 Å². The average Bonchev–Trinajstić information content (AvgIpc) is 2.59. The quantitative estimate of drug-likeness (QED) is 0.781. The van der Waals surface area contributed by atoms with Gasteiger partial charge in [-0.05, 0) is 30.3 Å². The van der Waals surface area contributed by atoms with Gasteiger partial charge in [0.15, 0.2) is 0 Å². The van der Waals surface area contributed by atoms with E-state index in [1.54, 1.807) is 6.07 Å². The van der Waals surface area contributed by atoms with Crippen molar-refractivity contribution in [2.45, 2.75) is 0 Å². The normalized spacial score (nSPS) is 10.4. The first kappa shape index (κ1) is 14.9. The van der Waals surface area contributed by atoms with Gasteiger partial charge in [0.05, 0.1) is 0 Å². The second kappa shape index (κ2) is 6.39. The summed E-state index contributed by atoms with van der Waals surface area (Å²) in [6.45, 7) is 0. The molecule has 0 saturated carbocycles. The van der Waals surface area contributed by atoms with Crippen molar-refractivity contribution in [1.82, 2.24) is 9.97 Å². The van der Waals surface area contributed by atoms with Crippen LogP contribution in [0.15, 0.2) is 60.8 Å². The lowest BCUT2D eigenvalue weighted by molar-refractivity contribution is 0.590. The van der Waals surface area contributed by atoms with Crippen LogP contribution in [0.4, 0.5) is 31.9 Å². The van der Waals surface area contributed by atoms with Crippen molar-refractivity contribution in [2.75, 3.05) is 17.3 Å². The maximum atomic E-state index is 13.7. The Kier molecular flexibility index (Phi) is 4.14. The number of hydrogen-bond donors (Lipinski definition) is 1. The fourth-order valence-electron chi connectivity index (χ4n) is 2.11. The molecule has 116 valence electrons. The van der Waals surface area contributed by atoms with E-state index in [0.717, 1.165) is 5.69 Å². The zero-order valence-electron chi connectivity index (χ0n) is 12.4. The number of aromatic nitrogens is 2. The minimum atomic E-state index is -0.699. The van der Waals surface area contributed by atoms with Gasteiger partial charge >= 0.3 is 0 Å². The minimum Gasteiger partial charge on any atom is -0.329 e. The summed E-state index contributed by atoms with van der Waals surface area (Å²) in [5, 5.41) is 2.59. The van der Waals surface area contributed by atoms with Gasteiger partial charge in [-0.15, -0.1) is 0 Å². The fourth-order valence-corrected chi connectivity index (χ4v) is 2.11. The third-order valence-electron chi connectivity index (χ3n) is 3.33. The zero-order valence-corrected chi connectivity index (χ0v) is 12.4. The number of benzene rings is 2. The lowest BCUT2D eigenvalue weighted by Crippen LogP contribution is -2.12. The standard InChI is InChI=1S/C17H14F2N4/c1-23(12-6-3-2-4-7-12)15-10-11-20-17(21-15)22-16-13(18)8-5-9-14(16)19/h2-11H,1H3,(H,20,21,22). The van der Waals surface area contributed by atoms with Gasteiger partial charge in [0, 0.05) is 18.9 Å². The molecule has 0 unspecified atom stereocenters. The highest BCUT2D eigenvalue weighted by Gasteiger charge is 2.11. The molecule has 6 heteroatoms. The highest BCUT2D eigenvalue weighted by molar-refractivity contribution is 5.61. The van der Waals surface area contributed by atoms with Gasteiger partial charge in [-0.1, -0.05) is 24.3 Å². The molecule has 0 fully saturated rings. The second-order valence-electron chi connectivity index (χ2n) is 4.85. The van der Waals surface area contributed by atoms with Crippen LogP contribution in [0.5, 0.6) is 0 Å². The molecule has 0 aliphatic carbocycles. The Morgan fingerprint density at radius 3 is 2.30 bits per heavy atom. The van der Waals surface area contributed by atoms with Crippen molar-refractivity contribution in [3.63, 3.8) is 0 Å². The first-order valence-corrected chi connectivity index (χ1v) is 6.98. The predicted molar refractivity (Wildman–Crippen MR) is 86.2 cm³/mol. The number of para-hydroxylation sites is 2. The molecule has 0 spiro atoms. The van der Waals surface area contributed by atoms with Crippen molar-refractivity contribution in [1.29, 1.82) is 0 Å². The summed E-state index contributed by atoms with van der Waals surface area (Å²) in [5.41, 5.74) is 0.668. The van der Waals surface area contributed by atoms with Crippen molar-refractivity contribution >= 4 is 23.1 Å². The van der Waals surface area contributed by atoms with E-state index in [9.17, 15) is 8.78 Å². The third-order valence-corrected chi connectivity index (χ3v) is 3.33. The molecule has 0 aliphatic rings. The summed E-state index contributed by atoms with van der Waals surface area (Å²) in [6, 6.07) is 15.0. The molecule has 1 heterocycles. The Balaban J connectivity index is 1.89. The van der Waals surface area contributed by atoms with Gasteiger partial charge in [-0.3, -0.25) is 0 Å². The molecule has 2 aromatic carbocycles. The van der Waals surface area contributed by atoms with Crippen molar-refractivity contribution in [3.05, 3.63) is 72.4 Å². The summed E-state index contributed by atoms with van der Waals surface area (Å²) >= 11 is 0. The SMILES string of the molecule is CN(c1ccccc1)c1ccnc(Nc2c(F)cccc2F)n1. The minimum absolute atomic E-state index is 0.120. The van der Waals surface area contributed by atoms with E-state index in [0.29, 0.717) is 5.82 Å². The molecular formula is C17H14F2N4. The molecule has 0 saturated heterocycles. The highest BCUT2D eigenvalue weighted by atomic mass is 19.1. The Hall–Kier alpha value is -3.02. The van der Waals surface area contributed by atoms with Crippen molar-refractivity contribution in [2.24, 2.45) is 0 Å². The molecule has 0 radical (unpaired) electrons. The molecule has 4 nitrogen and oxygen atoms in total. The molecule has 0 atom stereocenters. The molecule has 1 N–H and O–H groups in total. The lowest BCUT2D eigenvalue weighted by Gasteiger charge is -2.18.